The summed E-state index contributed by atoms with van der Waals surface area (Å²) in [6.45, 7) is 8.40. The van der Waals surface area contributed by atoms with E-state index in [9.17, 15) is 14.9 Å². The first-order chi connectivity index (χ1) is 13.8. The molecule has 6 nitrogen and oxygen atoms in total. The Morgan fingerprint density at radius 1 is 1.21 bits per heavy atom. The standard InChI is InChI=1S/C23H33N3O3/c1-23(2,3)16-19(15-21(27)26-11-13-29-14-12-26)22(28)25-20(17-24)10-9-18-7-5-4-6-8-18/h4-8,19-20H,9-16H2,1-3H3,(H,25,28). The first-order valence-electron chi connectivity index (χ1n) is 10.4. The van der Waals surface area contributed by atoms with E-state index in [0.29, 0.717) is 39.1 Å². The molecule has 1 aliphatic rings. The van der Waals surface area contributed by atoms with Gasteiger partial charge in [-0.1, -0.05) is 51.1 Å². The lowest BCUT2D eigenvalue weighted by atomic mass is 9.82. The van der Waals surface area contributed by atoms with Crippen molar-refractivity contribution in [1.29, 1.82) is 5.26 Å². The molecule has 1 heterocycles. The van der Waals surface area contributed by atoms with Gasteiger partial charge in [-0.25, -0.2) is 0 Å². The lowest BCUT2D eigenvalue weighted by molar-refractivity contribution is -0.140. The summed E-state index contributed by atoms with van der Waals surface area (Å²) in [4.78, 5) is 27.4. The van der Waals surface area contributed by atoms with Gasteiger partial charge >= 0.3 is 0 Å². The van der Waals surface area contributed by atoms with Crippen molar-refractivity contribution in [2.45, 2.75) is 52.5 Å². The highest BCUT2D eigenvalue weighted by Gasteiger charge is 2.30. The van der Waals surface area contributed by atoms with Crippen LogP contribution in [0.4, 0.5) is 0 Å². The minimum atomic E-state index is -0.566. The van der Waals surface area contributed by atoms with Crippen molar-refractivity contribution in [2.75, 3.05) is 26.3 Å². The van der Waals surface area contributed by atoms with Crippen molar-refractivity contribution in [3.05, 3.63) is 35.9 Å². The van der Waals surface area contributed by atoms with Gasteiger partial charge in [-0.05, 0) is 30.2 Å². The molecule has 0 spiro atoms. The molecule has 2 rings (SSSR count). The van der Waals surface area contributed by atoms with Crippen LogP contribution in [0.2, 0.25) is 0 Å². The molecule has 1 saturated heterocycles. The molecule has 6 heteroatoms. The normalized spacial score (nSPS) is 16.6. The van der Waals surface area contributed by atoms with Crippen molar-refractivity contribution in [3.8, 4) is 6.07 Å². The van der Waals surface area contributed by atoms with Gasteiger partial charge in [-0.15, -0.1) is 0 Å². The van der Waals surface area contributed by atoms with E-state index in [2.05, 4.69) is 32.2 Å². The Labute approximate surface area is 174 Å². The molecule has 0 saturated carbocycles. The summed E-state index contributed by atoms with van der Waals surface area (Å²) in [5.74, 6) is -0.672. The fraction of sp³-hybridized carbons (Fsp3) is 0.609. The van der Waals surface area contributed by atoms with Gasteiger partial charge in [0.25, 0.3) is 0 Å². The van der Waals surface area contributed by atoms with Crippen LogP contribution in [0.15, 0.2) is 30.3 Å². The van der Waals surface area contributed by atoms with Crippen LogP contribution in [0.25, 0.3) is 0 Å². The molecule has 1 aromatic carbocycles. The monoisotopic (exact) mass is 399 g/mol. The number of carbonyl (C=O) groups is 2. The number of nitriles is 1. The number of benzene rings is 1. The second kappa shape index (κ2) is 11.0. The predicted molar refractivity (Wildman–Crippen MR) is 112 cm³/mol. The minimum absolute atomic E-state index is 0.0181. The molecule has 0 radical (unpaired) electrons. The minimum Gasteiger partial charge on any atom is -0.378 e. The smallest absolute Gasteiger partial charge is 0.224 e. The van der Waals surface area contributed by atoms with Crippen molar-refractivity contribution in [3.63, 3.8) is 0 Å². The third kappa shape index (κ3) is 8.25. The first kappa shape index (κ1) is 22.9. The van der Waals surface area contributed by atoms with Crippen LogP contribution in [0.5, 0.6) is 0 Å². The van der Waals surface area contributed by atoms with E-state index in [1.807, 2.05) is 30.3 Å². The van der Waals surface area contributed by atoms with Gasteiger partial charge in [0.15, 0.2) is 0 Å². The number of rotatable bonds is 8. The van der Waals surface area contributed by atoms with Gasteiger partial charge in [0.05, 0.1) is 19.3 Å². The predicted octanol–water partition coefficient (Wildman–Crippen LogP) is 2.93. The number of nitrogens with zero attached hydrogens (tertiary/aromatic N) is 2. The van der Waals surface area contributed by atoms with Crippen molar-refractivity contribution >= 4 is 11.8 Å². The highest BCUT2D eigenvalue weighted by molar-refractivity contribution is 5.86. The zero-order valence-electron chi connectivity index (χ0n) is 17.8. The van der Waals surface area contributed by atoms with E-state index < -0.39 is 12.0 Å². The summed E-state index contributed by atoms with van der Waals surface area (Å²) in [7, 11) is 0. The maximum atomic E-state index is 13.0. The van der Waals surface area contributed by atoms with Crippen molar-refractivity contribution in [1.82, 2.24) is 10.2 Å². The molecule has 0 aliphatic carbocycles. The van der Waals surface area contributed by atoms with Crippen LogP contribution in [-0.4, -0.2) is 49.1 Å². The van der Waals surface area contributed by atoms with E-state index in [1.165, 1.54) is 0 Å². The zero-order valence-corrected chi connectivity index (χ0v) is 17.8. The molecule has 0 aromatic heterocycles. The van der Waals surface area contributed by atoms with Crippen LogP contribution in [-0.2, 0) is 20.7 Å². The van der Waals surface area contributed by atoms with E-state index in [0.717, 1.165) is 12.0 Å². The Balaban J connectivity index is 1.97. The van der Waals surface area contributed by atoms with Crippen LogP contribution in [0, 0.1) is 22.7 Å². The topological polar surface area (TPSA) is 82.4 Å². The second-order valence-electron chi connectivity index (χ2n) is 8.87. The number of nitrogens with one attached hydrogen (secondary N) is 1. The Hall–Kier alpha value is -2.39. The summed E-state index contributed by atoms with van der Waals surface area (Å²) in [6, 6.07) is 11.5. The number of ether oxygens (including phenoxy) is 1. The number of carbonyl (C=O) groups excluding carboxylic acids is 2. The number of morpholine rings is 1. The molecule has 158 valence electrons. The molecule has 2 unspecified atom stereocenters. The Bertz CT molecular complexity index is 700. The highest BCUT2D eigenvalue weighted by atomic mass is 16.5. The lowest BCUT2D eigenvalue weighted by Gasteiger charge is -2.30. The number of hydrogen-bond acceptors (Lipinski definition) is 4. The van der Waals surface area contributed by atoms with E-state index in [4.69, 9.17) is 4.74 Å². The number of hydrogen-bond donors (Lipinski definition) is 1. The number of amides is 2. The van der Waals surface area contributed by atoms with Crippen LogP contribution in [0.1, 0.15) is 45.6 Å². The van der Waals surface area contributed by atoms with Crippen molar-refractivity contribution < 1.29 is 14.3 Å². The molecule has 1 N–H and O–H groups in total. The number of aryl methyl sites for hydroxylation is 1. The van der Waals surface area contributed by atoms with Gasteiger partial charge in [0, 0.05) is 25.4 Å². The molecule has 29 heavy (non-hydrogen) atoms. The summed E-state index contributed by atoms with van der Waals surface area (Å²) in [5.41, 5.74) is 1.04. The Kier molecular flexibility index (Phi) is 8.66. The largest absolute Gasteiger partial charge is 0.378 e. The van der Waals surface area contributed by atoms with Crippen LogP contribution in [0.3, 0.4) is 0 Å². The maximum Gasteiger partial charge on any atom is 0.224 e. The van der Waals surface area contributed by atoms with Gasteiger partial charge in [0.1, 0.15) is 6.04 Å². The van der Waals surface area contributed by atoms with Crippen LogP contribution < -0.4 is 5.32 Å². The van der Waals surface area contributed by atoms with Gasteiger partial charge in [-0.3, -0.25) is 9.59 Å². The highest BCUT2D eigenvalue weighted by Crippen LogP contribution is 2.27. The lowest BCUT2D eigenvalue weighted by Crippen LogP contribution is -2.44. The van der Waals surface area contributed by atoms with E-state index in [-0.39, 0.29) is 23.7 Å². The van der Waals surface area contributed by atoms with Crippen LogP contribution >= 0.6 is 0 Å². The molecule has 0 bridgehead atoms. The summed E-state index contributed by atoms with van der Waals surface area (Å²) < 4.78 is 5.30. The third-order valence-electron chi connectivity index (χ3n) is 5.05. The maximum absolute atomic E-state index is 13.0. The van der Waals surface area contributed by atoms with E-state index >= 15 is 0 Å². The van der Waals surface area contributed by atoms with Crippen molar-refractivity contribution in [2.24, 2.45) is 11.3 Å². The fourth-order valence-corrected chi connectivity index (χ4v) is 3.56. The van der Waals surface area contributed by atoms with Gasteiger partial charge in [0.2, 0.25) is 11.8 Å². The summed E-state index contributed by atoms with van der Waals surface area (Å²) >= 11 is 0. The summed E-state index contributed by atoms with van der Waals surface area (Å²) in [6.07, 6.45) is 2.02. The molecule has 1 aliphatic heterocycles. The van der Waals surface area contributed by atoms with E-state index in [1.54, 1.807) is 4.90 Å². The average Bonchev–Trinajstić information content (AvgIpc) is 2.70. The molecular formula is C23H33N3O3. The molecular weight excluding hydrogens is 366 g/mol. The quantitative estimate of drug-likeness (QED) is 0.729. The fourth-order valence-electron chi connectivity index (χ4n) is 3.56. The van der Waals surface area contributed by atoms with Gasteiger partial charge in [-0.2, -0.15) is 5.26 Å². The molecule has 1 aromatic rings. The molecule has 2 amide bonds. The first-order valence-corrected chi connectivity index (χ1v) is 10.4. The second-order valence-corrected chi connectivity index (χ2v) is 8.87. The molecule has 2 atom stereocenters. The average molecular weight is 400 g/mol. The zero-order chi connectivity index (χ0) is 21.3. The Morgan fingerprint density at radius 2 is 1.86 bits per heavy atom. The Morgan fingerprint density at radius 3 is 2.45 bits per heavy atom. The SMILES string of the molecule is CC(C)(C)CC(CC(=O)N1CCOCC1)C(=O)NC(C#N)CCc1ccccc1. The van der Waals surface area contributed by atoms with Gasteiger partial charge < -0.3 is 15.0 Å². The summed E-state index contributed by atoms with van der Waals surface area (Å²) in [5, 5.41) is 12.4. The third-order valence-corrected chi connectivity index (χ3v) is 5.05. The molecule has 1 fully saturated rings.